The molecule has 2 N–H and O–H groups in total. The number of hydrogen-bond acceptors (Lipinski definition) is 6. The molecular weight excluding hydrogens is 386 g/mol. The lowest BCUT2D eigenvalue weighted by molar-refractivity contribution is -0.152. The van der Waals surface area contributed by atoms with E-state index in [9.17, 15) is 22.8 Å². The Balaban J connectivity index is 2.79. The molecule has 10 heteroatoms. The monoisotopic (exact) mass is 413 g/mol. The fourth-order valence-corrected chi connectivity index (χ4v) is 3.12. The van der Waals surface area contributed by atoms with E-state index in [0.29, 0.717) is 11.3 Å². The summed E-state index contributed by atoms with van der Waals surface area (Å²) in [6.07, 6.45) is -0.309. The second-order valence-corrected chi connectivity index (χ2v) is 9.29. The van der Waals surface area contributed by atoms with Crippen molar-refractivity contribution in [1.29, 1.82) is 0 Å². The summed E-state index contributed by atoms with van der Waals surface area (Å²) in [7, 11) is -3.76. The largest absolute Gasteiger partial charge is 0.451 e. The van der Waals surface area contributed by atoms with Crippen molar-refractivity contribution in [3.05, 3.63) is 29.8 Å². The zero-order chi connectivity index (χ0) is 21.7. The van der Waals surface area contributed by atoms with Crippen LogP contribution in [0.1, 0.15) is 33.3 Å². The van der Waals surface area contributed by atoms with Gasteiger partial charge in [0.05, 0.1) is 11.9 Å². The average molecular weight is 413 g/mol. The maximum Gasteiger partial charge on any atom is 0.327 e. The highest BCUT2D eigenvalue weighted by Crippen LogP contribution is 2.21. The molecule has 0 saturated carbocycles. The first-order valence-electron chi connectivity index (χ1n) is 8.56. The average Bonchev–Trinajstić information content (AvgIpc) is 2.50. The topological polar surface area (TPSA) is 122 Å². The van der Waals surface area contributed by atoms with Gasteiger partial charge in [-0.1, -0.05) is 18.2 Å². The predicted molar refractivity (Wildman–Crippen MR) is 105 cm³/mol. The van der Waals surface area contributed by atoms with E-state index in [1.807, 2.05) is 0 Å². The van der Waals surface area contributed by atoms with Crippen LogP contribution >= 0.6 is 0 Å². The Bertz CT molecular complexity index is 845. The van der Waals surface area contributed by atoms with E-state index in [0.717, 1.165) is 10.6 Å². The molecule has 0 saturated heterocycles. The van der Waals surface area contributed by atoms with Crippen molar-refractivity contribution in [2.45, 2.75) is 46.3 Å². The van der Waals surface area contributed by atoms with Crippen molar-refractivity contribution in [3.8, 4) is 0 Å². The van der Waals surface area contributed by atoms with Crippen molar-refractivity contribution in [2.75, 3.05) is 17.1 Å². The third kappa shape index (κ3) is 7.55. The Morgan fingerprint density at radius 2 is 1.75 bits per heavy atom. The van der Waals surface area contributed by atoms with E-state index in [-0.39, 0.29) is 0 Å². The third-order valence-electron chi connectivity index (χ3n) is 3.46. The van der Waals surface area contributed by atoms with Gasteiger partial charge in [0.25, 0.3) is 5.91 Å². The number of amides is 3. The van der Waals surface area contributed by atoms with Crippen LogP contribution in [0.4, 0.5) is 10.5 Å². The van der Waals surface area contributed by atoms with Gasteiger partial charge in [-0.25, -0.2) is 13.2 Å². The summed E-state index contributed by atoms with van der Waals surface area (Å²) in [5, 5.41) is 4.61. The molecule has 1 aromatic rings. The predicted octanol–water partition coefficient (Wildman–Crippen LogP) is 1.32. The number of aryl methyl sites for hydroxylation is 1. The van der Waals surface area contributed by atoms with Crippen LogP contribution in [0, 0.1) is 6.92 Å². The first-order valence-corrected chi connectivity index (χ1v) is 10.4. The second kappa shape index (κ2) is 9.05. The molecule has 3 amide bonds. The number of nitrogens with zero attached hydrogens (tertiary/aromatic N) is 1. The standard InChI is InChI=1S/C18H27N3O6S/c1-12-9-7-8-10-14(12)21(28(6,25)26)11-15(22)27-13(2)16(23)19-17(24)20-18(3,4)5/h7-10,13H,11H2,1-6H3,(H2,19,20,23,24)/t13-/m1/s1. The Morgan fingerprint density at radius 1 is 1.18 bits per heavy atom. The molecule has 156 valence electrons. The summed E-state index contributed by atoms with van der Waals surface area (Å²) in [6, 6.07) is 5.94. The van der Waals surface area contributed by atoms with Crippen LogP contribution in [0.25, 0.3) is 0 Å². The molecule has 1 atom stereocenters. The minimum Gasteiger partial charge on any atom is -0.451 e. The fourth-order valence-electron chi connectivity index (χ4n) is 2.21. The van der Waals surface area contributed by atoms with Crippen LogP contribution in [-0.4, -0.2) is 50.8 Å². The molecular formula is C18H27N3O6S. The third-order valence-corrected chi connectivity index (χ3v) is 4.59. The van der Waals surface area contributed by atoms with Gasteiger partial charge in [-0.2, -0.15) is 0 Å². The number of rotatable bonds is 6. The van der Waals surface area contributed by atoms with Gasteiger partial charge in [0, 0.05) is 5.54 Å². The van der Waals surface area contributed by atoms with Gasteiger partial charge in [0.1, 0.15) is 6.54 Å². The van der Waals surface area contributed by atoms with Gasteiger partial charge in [-0.3, -0.25) is 19.2 Å². The van der Waals surface area contributed by atoms with E-state index >= 15 is 0 Å². The lowest BCUT2D eigenvalue weighted by Crippen LogP contribution is -2.51. The maximum atomic E-state index is 12.2. The molecule has 0 bridgehead atoms. The smallest absolute Gasteiger partial charge is 0.327 e. The summed E-state index contributed by atoms with van der Waals surface area (Å²) in [6.45, 7) is 7.62. The molecule has 0 radical (unpaired) electrons. The highest BCUT2D eigenvalue weighted by atomic mass is 32.2. The molecule has 0 heterocycles. The van der Waals surface area contributed by atoms with Gasteiger partial charge in [0.15, 0.2) is 6.10 Å². The van der Waals surface area contributed by atoms with Gasteiger partial charge < -0.3 is 10.1 Å². The van der Waals surface area contributed by atoms with E-state index in [1.54, 1.807) is 52.0 Å². The van der Waals surface area contributed by atoms with Crippen molar-refractivity contribution in [3.63, 3.8) is 0 Å². The summed E-state index contributed by atoms with van der Waals surface area (Å²) in [5.74, 6) is -1.75. The van der Waals surface area contributed by atoms with Crippen molar-refractivity contribution >= 4 is 33.6 Å². The maximum absolute atomic E-state index is 12.2. The molecule has 9 nitrogen and oxygen atoms in total. The Hall–Kier alpha value is -2.62. The normalized spacial score (nSPS) is 12.6. The van der Waals surface area contributed by atoms with Crippen LogP contribution < -0.4 is 14.9 Å². The molecule has 0 aromatic heterocycles. The molecule has 0 spiro atoms. The summed E-state index contributed by atoms with van der Waals surface area (Å²) in [5.41, 5.74) is 0.447. The second-order valence-electron chi connectivity index (χ2n) is 7.38. The number of para-hydroxylation sites is 1. The van der Waals surface area contributed by atoms with Gasteiger partial charge in [-0.05, 0) is 46.2 Å². The first kappa shape index (κ1) is 23.4. The number of anilines is 1. The minimum absolute atomic E-state index is 0.337. The molecule has 0 aliphatic heterocycles. The quantitative estimate of drug-likeness (QED) is 0.678. The molecule has 28 heavy (non-hydrogen) atoms. The van der Waals surface area contributed by atoms with Gasteiger partial charge in [-0.15, -0.1) is 0 Å². The molecule has 0 aliphatic rings. The number of hydrogen-bond donors (Lipinski definition) is 2. The number of carbonyl (C=O) groups excluding carboxylic acids is 3. The van der Waals surface area contributed by atoms with Crippen molar-refractivity contribution < 1.29 is 27.5 Å². The molecule has 0 unspecified atom stereocenters. The Kier molecular flexibility index (Phi) is 7.57. The minimum atomic E-state index is -3.76. The van der Waals surface area contributed by atoms with Crippen LogP contribution in [0.2, 0.25) is 0 Å². The SMILES string of the molecule is Cc1ccccc1N(CC(=O)O[C@H](C)C(=O)NC(=O)NC(C)(C)C)S(C)(=O)=O. The number of ether oxygens (including phenoxy) is 1. The van der Waals surface area contributed by atoms with Crippen LogP contribution in [0.3, 0.4) is 0 Å². The number of benzene rings is 1. The summed E-state index contributed by atoms with van der Waals surface area (Å²) < 4.78 is 30.1. The Labute approximate surface area is 165 Å². The Morgan fingerprint density at radius 3 is 2.25 bits per heavy atom. The lowest BCUT2D eigenvalue weighted by Gasteiger charge is -2.24. The number of urea groups is 1. The van der Waals surface area contributed by atoms with E-state index in [2.05, 4.69) is 10.6 Å². The van der Waals surface area contributed by atoms with E-state index in [1.165, 1.54) is 6.92 Å². The zero-order valence-corrected chi connectivity index (χ0v) is 17.7. The van der Waals surface area contributed by atoms with Crippen LogP contribution in [0.15, 0.2) is 24.3 Å². The van der Waals surface area contributed by atoms with E-state index < -0.39 is 46.1 Å². The van der Waals surface area contributed by atoms with Crippen LogP contribution in [0.5, 0.6) is 0 Å². The highest BCUT2D eigenvalue weighted by Gasteiger charge is 2.26. The van der Waals surface area contributed by atoms with Gasteiger partial charge in [0.2, 0.25) is 10.0 Å². The number of nitrogens with one attached hydrogen (secondary N) is 2. The first-order chi connectivity index (χ1) is 12.7. The number of imide groups is 1. The number of carbonyl (C=O) groups is 3. The molecule has 1 aromatic carbocycles. The fraction of sp³-hybridized carbons (Fsp3) is 0.500. The van der Waals surface area contributed by atoms with E-state index in [4.69, 9.17) is 4.74 Å². The molecule has 1 rings (SSSR count). The van der Waals surface area contributed by atoms with Crippen molar-refractivity contribution in [1.82, 2.24) is 10.6 Å². The molecule has 0 aliphatic carbocycles. The summed E-state index contributed by atoms with van der Waals surface area (Å²) in [4.78, 5) is 35.9. The van der Waals surface area contributed by atoms with Crippen molar-refractivity contribution in [2.24, 2.45) is 0 Å². The number of sulfonamides is 1. The highest BCUT2D eigenvalue weighted by molar-refractivity contribution is 7.92. The lowest BCUT2D eigenvalue weighted by atomic mass is 10.1. The summed E-state index contributed by atoms with van der Waals surface area (Å²) >= 11 is 0. The molecule has 0 fully saturated rings. The number of esters is 1. The zero-order valence-electron chi connectivity index (χ0n) is 16.9. The van der Waals surface area contributed by atoms with Crippen LogP contribution in [-0.2, 0) is 24.3 Å². The van der Waals surface area contributed by atoms with Gasteiger partial charge >= 0.3 is 12.0 Å².